The van der Waals surface area contributed by atoms with Gasteiger partial charge in [-0.25, -0.2) is 13.8 Å². The zero-order valence-corrected chi connectivity index (χ0v) is 24.4. The minimum atomic E-state index is -0.734. The molecule has 220 valence electrons. The molecule has 2 saturated heterocycles. The molecule has 0 spiro atoms. The molecule has 14 heteroatoms. The van der Waals surface area contributed by atoms with E-state index in [4.69, 9.17) is 26.8 Å². The molecule has 0 radical (unpaired) electrons. The van der Waals surface area contributed by atoms with E-state index in [-0.39, 0.29) is 73.7 Å². The van der Waals surface area contributed by atoms with Gasteiger partial charge in [-0.1, -0.05) is 29.5 Å². The van der Waals surface area contributed by atoms with E-state index < -0.39 is 11.6 Å². The van der Waals surface area contributed by atoms with Crippen LogP contribution in [0.2, 0.25) is 5.02 Å². The fraction of sp³-hybridized carbons (Fsp3) is 0.357. The third-order valence-electron chi connectivity index (χ3n) is 7.74. The molecule has 2 aliphatic heterocycles. The molecule has 0 bridgehead atoms. The molecule has 6 rings (SSSR count). The van der Waals surface area contributed by atoms with Gasteiger partial charge >= 0.3 is 6.01 Å². The zero-order chi connectivity index (χ0) is 29.7. The van der Waals surface area contributed by atoms with E-state index in [1.165, 1.54) is 18.2 Å². The Bertz CT molecular complexity index is 1710. The maximum atomic E-state index is 16.5. The lowest BCUT2D eigenvalue weighted by molar-refractivity contribution is -0.129. The minimum absolute atomic E-state index is 0.0138. The highest BCUT2D eigenvalue weighted by molar-refractivity contribution is 7.22. The standard InChI is InChI=1S/C28H28ClF2N7O3S/c1-4-20(39)38-9-13(10-38)33-26-17-8-18(29)21(16-5-6-19(30)25-24(16)34-27(32)42-25)22(31)23(17)35-28(36-26)41-12-14-7-15(40-3)11-37(14)2/h4-6,8,13-15H,1,7,9-12H2,2-3H3,(H2,32,34)(H,33,35,36)/t14-,15+/m0/s1. The first-order valence-corrected chi connectivity index (χ1v) is 14.4. The van der Waals surface area contributed by atoms with E-state index in [1.807, 2.05) is 7.05 Å². The van der Waals surface area contributed by atoms with Gasteiger partial charge in [0.1, 0.15) is 23.8 Å². The van der Waals surface area contributed by atoms with Gasteiger partial charge in [-0.2, -0.15) is 9.97 Å². The number of carbonyl (C=O) groups excluding carboxylic acids is 1. The van der Waals surface area contributed by atoms with Gasteiger partial charge in [0.15, 0.2) is 10.9 Å². The summed E-state index contributed by atoms with van der Waals surface area (Å²) in [6, 6.07) is 4.11. The van der Waals surface area contributed by atoms with Crippen molar-refractivity contribution in [2.45, 2.75) is 24.6 Å². The number of ether oxygens (including phenoxy) is 2. The Morgan fingerprint density at radius 2 is 2.05 bits per heavy atom. The third-order valence-corrected chi connectivity index (χ3v) is 8.93. The predicted molar refractivity (Wildman–Crippen MR) is 159 cm³/mol. The Morgan fingerprint density at radius 1 is 1.26 bits per heavy atom. The van der Waals surface area contributed by atoms with Crippen molar-refractivity contribution in [3.63, 3.8) is 0 Å². The number of halogens is 3. The smallest absolute Gasteiger partial charge is 0.319 e. The zero-order valence-electron chi connectivity index (χ0n) is 22.9. The number of carbonyl (C=O) groups is 1. The molecule has 2 atom stereocenters. The van der Waals surface area contributed by atoms with Crippen LogP contribution in [-0.4, -0.2) is 89.2 Å². The molecule has 2 aromatic heterocycles. The minimum Gasteiger partial charge on any atom is -0.462 e. The third kappa shape index (κ3) is 5.10. The largest absolute Gasteiger partial charge is 0.462 e. The van der Waals surface area contributed by atoms with Crippen LogP contribution in [0.5, 0.6) is 6.01 Å². The summed E-state index contributed by atoms with van der Waals surface area (Å²) in [5.74, 6) is -1.11. The summed E-state index contributed by atoms with van der Waals surface area (Å²) in [5.41, 5.74) is 6.33. The number of rotatable bonds is 8. The summed E-state index contributed by atoms with van der Waals surface area (Å²) < 4.78 is 42.7. The van der Waals surface area contributed by atoms with E-state index in [0.717, 1.165) is 24.3 Å². The Labute approximate surface area is 249 Å². The molecular formula is C28H28ClF2N7O3S. The lowest BCUT2D eigenvalue weighted by Gasteiger charge is -2.39. The molecule has 0 aliphatic carbocycles. The normalized spacial score (nSPS) is 19.4. The maximum Gasteiger partial charge on any atom is 0.319 e. The van der Waals surface area contributed by atoms with Gasteiger partial charge in [-0.15, -0.1) is 0 Å². The molecule has 10 nitrogen and oxygen atoms in total. The molecule has 0 unspecified atom stereocenters. The highest BCUT2D eigenvalue weighted by Gasteiger charge is 2.32. The average molecular weight is 616 g/mol. The number of nitrogens with zero attached hydrogens (tertiary/aromatic N) is 5. The van der Waals surface area contributed by atoms with Crippen LogP contribution in [-0.2, 0) is 9.53 Å². The van der Waals surface area contributed by atoms with Crippen molar-refractivity contribution < 1.29 is 23.0 Å². The fourth-order valence-corrected chi connectivity index (χ4v) is 6.49. The van der Waals surface area contributed by atoms with Crippen molar-refractivity contribution in [1.82, 2.24) is 24.8 Å². The summed E-state index contributed by atoms with van der Waals surface area (Å²) in [5, 5.41) is 3.83. The van der Waals surface area contributed by atoms with Gasteiger partial charge in [0.25, 0.3) is 0 Å². The number of likely N-dealkylation sites (tertiary alicyclic amines) is 2. The number of nitrogens with two attached hydrogens (primary N) is 1. The number of thiazole rings is 1. The number of hydrogen-bond acceptors (Lipinski definition) is 10. The summed E-state index contributed by atoms with van der Waals surface area (Å²) in [7, 11) is 3.66. The van der Waals surface area contributed by atoms with Crippen LogP contribution in [0.1, 0.15) is 6.42 Å². The van der Waals surface area contributed by atoms with Crippen LogP contribution in [0.25, 0.3) is 32.2 Å². The molecule has 2 aliphatic rings. The summed E-state index contributed by atoms with van der Waals surface area (Å²) in [4.78, 5) is 28.9. The topological polar surface area (TPSA) is 119 Å². The molecular weight excluding hydrogens is 588 g/mol. The Balaban J connectivity index is 1.41. The van der Waals surface area contributed by atoms with E-state index in [2.05, 4.69) is 31.7 Å². The first-order chi connectivity index (χ1) is 20.2. The van der Waals surface area contributed by atoms with E-state index in [9.17, 15) is 9.18 Å². The van der Waals surface area contributed by atoms with Crippen LogP contribution < -0.4 is 15.8 Å². The number of nitrogen functional groups attached to an aromatic ring is 1. The lowest BCUT2D eigenvalue weighted by Crippen LogP contribution is -2.56. The maximum absolute atomic E-state index is 16.5. The number of hydrogen-bond donors (Lipinski definition) is 2. The van der Waals surface area contributed by atoms with Crippen molar-refractivity contribution in [2.75, 3.05) is 51.4 Å². The molecule has 4 aromatic rings. The van der Waals surface area contributed by atoms with E-state index in [1.54, 1.807) is 18.1 Å². The number of anilines is 2. The predicted octanol–water partition coefficient (Wildman–Crippen LogP) is 4.33. The summed E-state index contributed by atoms with van der Waals surface area (Å²) in [6.07, 6.45) is 2.12. The second-order valence-corrected chi connectivity index (χ2v) is 11.8. The van der Waals surface area contributed by atoms with Crippen molar-refractivity contribution >= 4 is 60.9 Å². The van der Waals surface area contributed by atoms with Gasteiger partial charge in [0.05, 0.1) is 27.4 Å². The molecule has 0 saturated carbocycles. The molecule has 2 aromatic carbocycles. The average Bonchev–Trinajstić information content (AvgIpc) is 3.52. The van der Waals surface area contributed by atoms with Crippen LogP contribution in [0.15, 0.2) is 30.9 Å². The van der Waals surface area contributed by atoms with Crippen molar-refractivity contribution in [3.05, 3.63) is 47.5 Å². The number of fused-ring (bicyclic) bond motifs is 2. The highest BCUT2D eigenvalue weighted by atomic mass is 35.5. The monoisotopic (exact) mass is 615 g/mol. The lowest BCUT2D eigenvalue weighted by atomic mass is 10.0. The van der Waals surface area contributed by atoms with Crippen molar-refractivity contribution in [3.8, 4) is 17.1 Å². The number of nitrogens with one attached hydrogen (secondary N) is 1. The van der Waals surface area contributed by atoms with Crippen LogP contribution in [0.4, 0.5) is 19.7 Å². The molecule has 3 N–H and O–H groups in total. The first-order valence-electron chi connectivity index (χ1n) is 13.2. The molecule has 2 fully saturated rings. The molecule has 42 heavy (non-hydrogen) atoms. The van der Waals surface area contributed by atoms with Gasteiger partial charge in [-0.3, -0.25) is 9.69 Å². The van der Waals surface area contributed by atoms with Crippen LogP contribution >= 0.6 is 22.9 Å². The quantitative estimate of drug-likeness (QED) is 0.279. The first kappa shape index (κ1) is 28.5. The Morgan fingerprint density at radius 3 is 2.76 bits per heavy atom. The highest BCUT2D eigenvalue weighted by Crippen LogP contribution is 2.42. The second kappa shape index (κ2) is 11.2. The van der Waals surface area contributed by atoms with E-state index in [0.29, 0.717) is 24.3 Å². The number of methoxy groups -OCH3 is 1. The SMILES string of the molecule is C=CC(=O)N1CC(Nc2nc(OC[C@@H]3C[C@@H](OC)CN3C)nc3c(F)c(-c4ccc(F)c5sc(N)nc45)c(Cl)cc23)C1. The molecule has 4 heterocycles. The van der Waals surface area contributed by atoms with Crippen molar-refractivity contribution in [2.24, 2.45) is 0 Å². The van der Waals surface area contributed by atoms with Crippen LogP contribution in [0, 0.1) is 11.6 Å². The fourth-order valence-electron chi connectivity index (χ4n) is 5.43. The van der Waals surface area contributed by atoms with Gasteiger partial charge in [0, 0.05) is 49.3 Å². The van der Waals surface area contributed by atoms with Gasteiger partial charge in [-0.05, 0) is 37.7 Å². The number of benzene rings is 2. The van der Waals surface area contributed by atoms with Gasteiger partial charge < -0.3 is 25.4 Å². The summed E-state index contributed by atoms with van der Waals surface area (Å²) in [6.45, 7) is 5.40. The summed E-state index contributed by atoms with van der Waals surface area (Å²) >= 11 is 7.65. The van der Waals surface area contributed by atoms with Gasteiger partial charge in [0.2, 0.25) is 5.91 Å². The number of aromatic nitrogens is 3. The van der Waals surface area contributed by atoms with E-state index >= 15 is 4.39 Å². The number of likely N-dealkylation sites (N-methyl/N-ethyl adjacent to an activating group) is 1. The van der Waals surface area contributed by atoms with Crippen molar-refractivity contribution in [1.29, 1.82) is 0 Å². The number of amides is 1. The molecule has 1 amide bonds. The Hall–Kier alpha value is -3.65. The second-order valence-electron chi connectivity index (χ2n) is 10.4. The Kier molecular flexibility index (Phi) is 7.60. The van der Waals surface area contributed by atoms with Crippen LogP contribution in [0.3, 0.4) is 0 Å².